The second-order valence-corrected chi connectivity index (χ2v) is 11.3. The van der Waals surface area contributed by atoms with Crippen LogP contribution in [0.15, 0.2) is 46.1 Å². The lowest BCUT2D eigenvalue weighted by Crippen LogP contribution is -2.31. The number of ether oxygens (including phenoxy) is 4. The highest BCUT2D eigenvalue weighted by atomic mass is 31.1. The lowest BCUT2D eigenvalue weighted by Gasteiger charge is -2.19. The average molecular weight is 595 g/mol. The van der Waals surface area contributed by atoms with E-state index in [1.165, 1.54) is 29.8 Å². The van der Waals surface area contributed by atoms with Crippen molar-refractivity contribution < 1.29 is 43.1 Å². The maximum absolute atomic E-state index is 12.6. The van der Waals surface area contributed by atoms with Gasteiger partial charge in [-0.1, -0.05) is 16.9 Å². The van der Waals surface area contributed by atoms with Crippen LogP contribution in [0.4, 0.5) is 10.6 Å². The zero-order valence-electron chi connectivity index (χ0n) is 23.7. The van der Waals surface area contributed by atoms with Gasteiger partial charge in [-0.2, -0.15) is 4.98 Å². The molecule has 2 N–H and O–H groups in total. The molecule has 1 aliphatic heterocycles. The summed E-state index contributed by atoms with van der Waals surface area (Å²) >= 11 is 0. The third-order valence-electron chi connectivity index (χ3n) is 5.36. The van der Waals surface area contributed by atoms with Gasteiger partial charge in [-0.15, -0.1) is 0 Å². The topological polar surface area (TPSA) is 183 Å². The molecule has 1 saturated heterocycles. The molecule has 0 bridgehead atoms. The molecule has 0 spiro atoms. The second-order valence-electron chi connectivity index (χ2n) is 10.4. The van der Waals surface area contributed by atoms with Crippen LogP contribution in [0.25, 0.3) is 0 Å². The fourth-order valence-corrected chi connectivity index (χ4v) is 4.33. The molecule has 224 valence electrons. The van der Waals surface area contributed by atoms with Gasteiger partial charge in [-0.25, -0.2) is 14.4 Å². The van der Waals surface area contributed by atoms with Gasteiger partial charge in [-0.05, 0) is 59.7 Å². The first-order valence-corrected chi connectivity index (χ1v) is 14.1. The maximum atomic E-state index is 12.6. The van der Waals surface area contributed by atoms with Crippen LogP contribution in [0, 0.1) is 0 Å². The van der Waals surface area contributed by atoms with E-state index in [9.17, 15) is 24.4 Å². The molecule has 15 heteroatoms. The summed E-state index contributed by atoms with van der Waals surface area (Å²) < 4.78 is 32.2. The van der Waals surface area contributed by atoms with E-state index >= 15 is 0 Å². The number of anilines is 1. The Bertz CT molecular complexity index is 1310. The molecule has 1 aromatic carbocycles. The number of carbonyl (C=O) groups is 2. The molecule has 14 nitrogen and oxygen atoms in total. The molecule has 41 heavy (non-hydrogen) atoms. The van der Waals surface area contributed by atoms with Gasteiger partial charge in [0.25, 0.3) is 0 Å². The number of esters is 1. The van der Waals surface area contributed by atoms with E-state index < -0.39 is 56.0 Å². The number of carbonyl (C=O) groups excluding carboxylic acids is 2. The lowest BCUT2D eigenvalue weighted by atomic mass is 10.2. The van der Waals surface area contributed by atoms with Crippen molar-refractivity contribution in [2.45, 2.75) is 84.1 Å². The smallest absolute Gasteiger partial charge is 0.413 e. The first-order valence-electron chi connectivity index (χ1n) is 12.9. The van der Waals surface area contributed by atoms with E-state index in [1.54, 1.807) is 52.8 Å². The van der Waals surface area contributed by atoms with Gasteiger partial charge in [0, 0.05) is 12.6 Å². The molecule has 3 rings (SSSR count). The van der Waals surface area contributed by atoms with E-state index in [0.29, 0.717) is 0 Å². The Labute approximate surface area is 238 Å². The lowest BCUT2D eigenvalue weighted by molar-refractivity contribution is -0.170. The second kappa shape index (κ2) is 13.9. The van der Waals surface area contributed by atoms with Gasteiger partial charge in [0.05, 0.1) is 12.2 Å². The molecule has 1 aliphatic rings. The van der Waals surface area contributed by atoms with Crippen LogP contribution in [0.3, 0.4) is 0 Å². The number of nitrogens with one attached hydrogen (secondary N) is 1. The number of aromatic nitrogens is 2. The zero-order chi connectivity index (χ0) is 30.3. The number of rotatable bonds is 10. The molecule has 2 heterocycles. The van der Waals surface area contributed by atoms with Crippen molar-refractivity contribution in [3.63, 3.8) is 0 Å². The summed E-state index contributed by atoms with van der Waals surface area (Å²) in [7, 11) is -2.62. The van der Waals surface area contributed by atoms with Crippen molar-refractivity contribution in [3.05, 3.63) is 47.0 Å². The van der Waals surface area contributed by atoms with Crippen molar-refractivity contribution in [1.29, 1.82) is 0 Å². The monoisotopic (exact) mass is 594 g/mol. The molecule has 1 aromatic heterocycles. The number of nitrogens with zero attached hydrogens (tertiary/aromatic N) is 3. The van der Waals surface area contributed by atoms with Crippen LogP contribution in [-0.4, -0.2) is 63.3 Å². The van der Waals surface area contributed by atoms with Gasteiger partial charge in [-0.3, -0.25) is 14.4 Å². The number of benzene rings is 1. The van der Waals surface area contributed by atoms with Crippen LogP contribution in [0.1, 0.15) is 54.2 Å². The van der Waals surface area contributed by atoms with Crippen LogP contribution in [-0.2, 0) is 19.0 Å². The number of amides is 1. The fourth-order valence-electron chi connectivity index (χ4n) is 3.59. The Morgan fingerprint density at radius 3 is 2.56 bits per heavy atom. The van der Waals surface area contributed by atoms with Crippen molar-refractivity contribution in [3.8, 4) is 11.5 Å². The summed E-state index contributed by atoms with van der Waals surface area (Å²) in [6, 6.07) is 6.81. The third-order valence-corrected chi connectivity index (χ3v) is 6.25. The normalized spacial score (nSPS) is 19.9. The Morgan fingerprint density at radius 1 is 1.24 bits per heavy atom. The summed E-state index contributed by atoms with van der Waals surface area (Å²) in [6.45, 7) is 9.84. The number of hydrogen-bond donors (Lipinski definition) is 2. The summed E-state index contributed by atoms with van der Waals surface area (Å²) in [4.78, 5) is 52.7. The van der Waals surface area contributed by atoms with Crippen LogP contribution in [0.5, 0.6) is 11.5 Å². The minimum Gasteiger partial charge on any atom is -0.575 e. The summed E-state index contributed by atoms with van der Waals surface area (Å²) in [5, 5.41) is 12.9. The first kappa shape index (κ1) is 31.9. The number of aliphatic hydroxyl groups excluding tert-OH is 1. The SMILES string of the molecule is CC(C)OC(=O)[C@H](C)N=[P+]([O-])Oc1ccccc1OC[C@H]1O[C@@H](n2ccc(NC(=O)OC(C)(C)C)nc2=O)C[C@@H]1O. The van der Waals surface area contributed by atoms with Crippen molar-refractivity contribution in [1.82, 2.24) is 9.55 Å². The van der Waals surface area contributed by atoms with Gasteiger partial charge in [0.2, 0.25) is 5.75 Å². The van der Waals surface area contributed by atoms with Gasteiger partial charge in [0.15, 0.2) is 11.8 Å². The fraction of sp³-hybridized carbons (Fsp3) is 0.538. The molecule has 0 saturated carbocycles. The van der Waals surface area contributed by atoms with Gasteiger partial charge >= 0.3 is 25.9 Å². The first-order chi connectivity index (χ1) is 19.2. The molecular formula is C26H35N4O10P. The quantitative estimate of drug-likeness (QED) is 0.305. The van der Waals surface area contributed by atoms with E-state index in [1.807, 2.05) is 0 Å². The van der Waals surface area contributed by atoms with Gasteiger partial charge < -0.3 is 28.9 Å². The van der Waals surface area contributed by atoms with E-state index in [0.717, 1.165) is 0 Å². The number of hydrogen-bond acceptors (Lipinski definition) is 12. The highest BCUT2D eigenvalue weighted by Crippen LogP contribution is 2.34. The van der Waals surface area contributed by atoms with Crippen molar-refractivity contribution in [2.75, 3.05) is 11.9 Å². The highest BCUT2D eigenvalue weighted by molar-refractivity contribution is 7.34. The molecule has 0 aliphatic carbocycles. The molecule has 1 unspecified atom stereocenters. The van der Waals surface area contributed by atoms with Crippen LogP contribution in [0.2, 0.25) is 0 Å². The Morgan fingerprint density at radius 2 is 1.93 bits per heavy atom. The largest absolute Gasteiger partial charge is 0.575 e. The predicted octanol–water partition coefficient (Wildman–Crippen LogP) is 2.89. The van der Waals surface area contributed by atoms with Crippen LogP contribution < -0.4 is 25.2 Å². The predicted molar refractivity (Wildman–Crippen MR) is 145 cm³/mol. The highest BCUT2D eigenvalue weighted by Gasteiger charge is 2.36. The van der Waals surface area contributed by atoms with E-state index in [2.05, 4.69) is 15.0 Å². The van der Waals surface area contributed by atoms with Crippen molar-refractivity contribution >= 4 is 26.0 Å². The molecule has 2 aromatic rings. The molecule has 1 amide bonds. The number of para-hydroxylation sites is 2. The van der Waals surface area contributed by atoms with E-state index in [-0.39, 0.29) is 36.4 Å². The Kier molecular flexibility index (Phi) is 10.8. The van der Waals surface area contributed by atoms with Crippen molar-refractivity contribution in [2.24, 2.45) is 4.74 Å². The number of aliphatic hydroxyl groups is 1. The zero-order valence-corrected chi connectivity index (χ0v) is 24.6. The third kappa shape index (κ3) is 9.78. The van der Waals surface area contributed by atoms with E-state index in [4.69, 9.17) is 23.5 Å². The molecule has 1 fully saturated rings. The summed E-state index contributed by atoms with van der Waals surface area (Å²) in [6.07, 6.45) is -2.23. The summed E-state index contributed by atoms with van der Waals surface area (Å²) in [5.41, 5.74) is -1.42. The van der Waals surface area contributed by atoms with Crippen LogP contribution >= 0.6 is 8.17 Å². The Balaban J connectivity index is 1.60. The standard InChI is InChI=1S/C26H35N4O10P/c1-15(2)37-23(32)16(3)29-41(35)40-19-10-8-7-9-18(19)36-14-20-17(31)13-22(38-20)30-12-11-21(27-24(30)33)28-25(34)39-26(4,5)6/h7-12,15-17,20,22,31H,13-14H2,1-6H3,(H,27,28,33,34)/t16-,17-,20+,22+/m0/s1. The van der Waals surface area contributed by atoms with Gasteiger partial charge in [0.1, 0.15) is 30.4 Å². The molecule has 0 radical (unpaired) electrons. The Hall–Kier alpha value is -3.58. The molecular weight excluding hydrogens is 559 g/mol. The average Bonchev–Trinajstić information content (AvgIpc) is 3.21. The maximum Gasteiger partial charge on any atom is 0.413 e. The molecule has 5 atom stereocenters. The minimum absolute atomic E-state index is 0.00631. The minimum atomic E-state index is -2.62. The summed E-state index contributed by atoms with van der Waals surface area (Å²) in [5.74, 6) is -0.299.